The molecule has 2 atom stereocenters. The Labute approximate surface area is 141 Å². The lowest BCUT2D eigenvalue weighted by molar-refractivity contribution is -0.154. The molecule has 2 aromatic rings. The van der Waals surface area contributed by atoms with Crippen molar-refractivity contribution < 1.29 is 19.4 Å². The van der Waals surface area contributed by atoms with Crippen molar-refractivity contribution in [3.63, 3.8) is 0 Å². The summed E-state index contributed by atoms with van der Waals surface area (Å²) in [6.07, 6.45) is -1.49. The summed E-state index contributed by atoms with van der Waals surface area (Å²) < 4.78 is 4.88. The molecule has 0 aliphatic rings. The van der Waals surface area contributed by atoms with Gasteiger partial charge in [0.2, 0.25) is 0 Å². The molecule has 0 aliphatic carbocycles. The minimum absolute atomic E-state index is 0.156. The van der Waals surface area contributed by atoms with Crippen molar-refractivity contribution in [3.05, 3.63) is 71.3 Å². The summed E-state index contributed by atoms with van der Waals surface area (Å²) in [4.78, 5) is 24.3. The van der Waals surface area contributed by atoms with Crippen LogP contribution in [0.2, 0.25) is 0 Å². The minimum atomic E-state index is -1.49. The molecule has 0 bridgehead atoms. The zero-order valence-corrected chi connectivity index (χ0v) is 13.7. The van der Waals surface area contributed by atoms with Crippen LogP contribution in [0.15, 0.2) is 54.6 Å². The molecule has 0 aromatic heterocycles. The summed E-state index contributed by atoms with van der Waals surface area (Å²) in [6, 6.07) is 15.0. The number of rotatable bonds is 6. The highest BCUT2D eigenvalue weighted by atomic mass is 16.5. The first kappa shape index (κ1) is 17.7. The monoisotopic (exact) mass is 327 g/mol. The second-order valence-corrected chi connectivity index (χ2v) is 5.42. The van der Waals surface area contributed by atoms with Crippen molar-refractivity contribution in [2.24, 2.45) is 0 Å². The van der Waals surface area contributed by atoms with Crippen LogP contribution in [-0.4, -0.2) is 29.7 Å². The van der Waals surface area contributed by atoms with Crippen LogP contribution in [0, 0.1) is 6.92 Å². The highest BCUT2D eigenvalue weighted by molar-refractivity contribution is 5.94. The highest BCUT2D eigenvalue weighted by Gasteiger charge is 2.30. The third-order valence-electron chi connectivity index (χ3n) is 3.60. The third kappa shape index (κ3) is 4.43. The van der Waals surface area contributed by atoms with Gasteiger partial charge in [0.05, 0.1) is 12.6 Å². The Kier molecular flexibility index (Phi) is 6.09. The molecule has 24 heavy (non-hydrogen) atoms. The first-order valence-electron chi connectivity index (χ1n) is 7.80. The summed E-state index contributed by atoms with van der Waals surface area (Å²) in [5, 5.41) is 13.1. The molecule has 1 amide bonds. The Morgan fingerprint density at radius 3 is 2.29 bits per heavy atom. The molecule has 126 valence electrons. The fourth-order valence-electron chi connectivity index (χ4n) is 2.30. The SMILES string of the molecule is CCOC(=O)[C@@H](O)[C@@H](NC(=O)c1ccccc1)c1ccc(C)cc1. The van der Waals surface area contributed by atoms with E-state index in [0.29, 0.717) is 11.1 Å². The van der Waals surface area contributed by atoms with Gasteiger partial charge in [-0.05, 0) is 31.5 Å². The number of hydrogen-bond donors (Lipinski definition) is 2. The number of hydrogen-bond acceptors (Lipinski definition) is 4. The van der Waals surface area contributed by atoms with Crippen LogP contribution in [0.5, 0.6) is 0 Å². The Morgan fingerprint density at radius 2 is 1.71 bits per heavy atom. The van der Waals surface area contributed by atoms with E-state index in [1.54, 1.807) is 43.3 Å². The summed E-state index contributed by atoms with van der Waals surface area (Å²) in [6.45, 7) is 3.75. The van der Waals surface area contributed by atoms with Crippen LogP contribution in [0.4, 0.5) is 0 Å². The van der Waals surface area contributed by atoms with E-state index in [-0.39, 0.29) is 12.5 Å². The van der Waals surface area contributed by atoms with Crippen LogP contribution in [-0.2, 0) is 9.53 Å². The van der Waals surface area contributed by atoms with Crippen molar-refractivity contribution in [1.82, 2.24) is 5.32 Å². The van der Waals surface area contributed by atoms with E-state index in [1.807, 2.05) is 25.1 Å². The molecule has 5 heteroatoms. The topological polar surface area (TPSA) is 75.6 Å². The van der Waals surface area contributed by atoms with Gasteiger partial charge in [-0.2, -0.15) is 0 Å². The Hall–Kier alpha value is -2.66. The molecule has 0 saturated carbocycles. The normalized spacial score (nSPS) is 13.0. The van der Waals surface area contributed by atoms with E-state index in [0.717, 1.165) is 5.56 Å². The molecular weight excluding hydrogens is 306 g/mol. The van der Waals surface area contributed by atoms with Gasteiger partial charge >= 0.3 is 5.97 Å². The smallest absolute Gasteiger partial charge is 0.337 e. The van der Waals surface area contributed by atoms with Gasteiger partial charge in [0, 0.05) is 5.56 Å². The minimum Gasteiger partial charge on any atom is -0.464 e. The van der Waals surface area contributed by atoms with Crippen LogP contribution < -0.4 is 5.32 Å². The van der Waals surface area contributed by atoms with Gasteiger partial charge < -0.3 is 15.2 Å². The number of amides is 1. The van der Waals surface area contributed by atoms with E-state index >= 15 is 0 Å². The van der Waals surface area contributed by atoms with Gasteiger partial charge in [0.25, 0.3) is 5.91 Å². The van der Waals surface area contributed by atoms with E-state index in [2.05, 4.69) is 5.32 Å². The predicted molar refractivity (Wildman–Crippen MR) is 90.5 cm³/mol. The number of carbonyl (C=O) groups is 2. The van der Waals surface area contributed by atoms with Crippen LogP contribution in [0.25, 0.3) is 0 Å². The van der Waals surface area contributed by atoms with Crippen LogP contribution in [0.1, 0.15) is 34.5 Å². The Balaban J connectivity index is 2.26. The molecule has 0 spiro atoms. The summed E-state index contributed by atoms with van der Waals surface area (Å²) >= 11 is 0. The Morgan fingerprint density at radius 1 is 1.08 bits per heavy atom. The van der Waals surface area contributed by atoms with Crippen LogP contribution >= 0.6 is 0 Å². The van der Waals surface area contributed by atoms with E-state index in [1.165, 1.54) is 0 Å². The lowest BCUT2D eigenvalue weighted by atomic mass is 9.99. The number of nitrogens with one attached hydrogen (secondary N) is 1. The largest absolute Gasteiger partial charge is 0.464 e. The molecule has 2 rings (SSSR count). The van der Waals surface area contributed by atoms with Crippen LogP contribution in [0.3, 0.4) is 0 Å². The quantitative estimate of drug-likeness (QED) is 0.799. The summed E-state index contributed by atoms with van der Waals surface area (Å²) in [5.74, 6) is -1.14. The molecule has 0 saturated heterocycles. The molecule has 2 aromatic carbocycles. The number of carbonyl (C=O) groups excluding carboxylic acids is 2. The average Bonchev–Trinajstić information content (AvgIpc) is 2.60. The van der Waals surface area contributed by atoms with Gasteiger partial charge in [-0.1, -0.05) is 48.0 Å². The molecule has 0 radical (unpaired) electrons. The standard InChI is InChI=1S/C19H21NO4/c1-3-24-19(23)17(21)16(14-11-9-13(2)10-12-14)20-18(22)15-7-5-4-6-8-15/h4-12,16-17,21H,3H2,1-2H3,(H,20,22)/t16-,17-/m0/s1. The highest BCUT2D eigenvalue weighted by Crippen LogP contribution is 2.20. The molecule has 2 N–H and O–H groups in total. The summed E-state index contributed by atoms with van der Waals surface area (Å²) in [7, 11) is 0. The fourth-order valence-corrected chi connectivity index (χ4v) is 2.30. The lowest BCUT2D eigenvalue weighted by Gasteiger charge is -2.23. The third-order valence-corrected chi connectivity index (χ3v) is 3.60. The second-order valence-electron chi connectivity index (χ2n) is 5.42. The second kappa shape index (κ2) is 8.26. The van der Waals surface area contributed by atoms with Gasteiger partial charge in [-0.3, -0.25) is 4.79 Å². The first-order chi connectivity index (χ1) is 11.5. The number of aryl methyl sites for hydroxylation is 1. The van der Waals surface area contributed by atoms with Gasteiger partial charge in [0.1, 0.15) is 0 Å². The molecule has 5 nitrogen and oxygen atoms in total. The molecule has 0 fully saturated rings. The number of ether oxygens (including phenoxy) is 1. The Bertz CT molecular complexity index is 682. The van der Waals surface area contributed by atoms with E-state index in [9.17, 15) is 14.7 Å². The van der Waals surface area contributed by atoms with Crippen molar-refractivity contribution in [3.8, 4) is 0 Å². The summed E-state index contributed by atoms with van der Waals surface area (Å²) in [5.41, 5.74) is 2.12. The van der Waals surface area contributed by atoms with Crippen molar-refractivity contribution in [1.29, 1.82) is 0 Å². The molecule has 0 heterocycles. The predicted octanol–water partition coefficient (Wildman–Crippen LogP) is 2.39. The van der Waals surface area contributed by atoms with Gasteiger partial charge in [-0.15, -0.1) is 0 Å². The molecular formula is C19H21NO4. The average molecular weight is 327 g/mol. The van der Waals surface area contributed by atoms with Gasteiger partial charge in [-0.25, -0.2) is 4.79 Å². The maximum Gasteiger partial charge on any atom is 0.337 e. The molecule has 0 aliphatic heterocycles. The van der Waals surface area contributed by atoms with E-state index < -0.39 is 18.1 Å². The molecule has 0 unspecified atom stereocenters. The van der Waals surface area contributed by atoms with E-state index in [4.69, 9.17) is 4.74 Å². The maximum absolute atomic E-state index is 12.4. The lowest BCUT2D eigenvalue weighted by Crippen LogP contribution is -2.41. The van der Waals surface area contributed by atoms with Crippen molar-refractivity contribution >= 4 is 11.9 Å². The first-order valence-corrected chi connectivity index (χ1v) is 7.80. The maximum atomic E-state index is 12.4. The number of esters is 1. The zero-order chi connectivity index (χ0) is 17.5. The zero-order valence-electron chi connectivity index (χ0n) is 13.7. The number of benzene rings is 2. The van der Waals surface area contributed by atoms with Gasteiger partial charge in [0.15, 0.2) is 6.10 Å². The fraction of sp³-hybridized carbons (Fsp3) is 0.263. The number of aliphatic hydroxyl groups excluding tert-OH is 1. The van der Waals surface area contributed by atoms with Crippen molar-refractivity contribution in [2.75, 3.05) is 6.61 Å². The number of aliphatic hydroxyl groups is 1. The van der Waals surface area contributed by atoms with Crippen molar-refractivity contribution in [2.45, 2.75) is 26.0 Å².